The molecule has 1 aliphatic rings. The molecule has 1 N–H and O–H groups in total. The molecule has 0 spiro atoms. The van der Waals surface area contributed by atoms with Crippen LogP contribution in [0.3, 0.4) is 0 Å². The van der Waals surface area contributed by atoms with E-state index in [4.69, 9.17) is 0 Å². The molecule has 5 rings (SSSR count). The molecule has 152 valence electrons. The van der Waals surface area contributed by atoms with E-state index in [9.17, 15) is 14.0 Å². The topological polar surface area (TPSA) is 88.8 Å². The van der Waals surface area contributed by atoms with Crippen molar-refractivity contribution >= 4 is 17.1 Å². The SMILES string of the molecule is Cn1c(=O)n([C@@H]2CCN(C(=O)c3cn[nH]c3-c3ccc(F)cc3)C2)c2ncccc21. The van der Waals surface area contributed by atoms with Gasteiger partial charge in [0.25, 0.3) is 5.91 Å². The lowest BCUT2D eigenvalue weighted by Gasteiger charge is -2.17. The van der Waals surface area contributed by atoms with Gasteiger partial charge in [-0.2, -0.15) is 5.10 Å². The van der Waals surface area contributed by atoms with Crippen LogP contribution in [0.25, 0.3) is 22.4 Å². The van der Waals surface area contributed by atoms with Gasteiger partial charge in [-0.25, -0.2) is 14.2 Å². The third kappa shape index (κ3) is 2.81. The fourth-order valence-corrected chi connectivity index (χ4v) is 4.11. The Morgan fingerprint density at radius 3 is 2.83 bits per heavy atom. The number of carbonyl (C=O) groups excluding carboxylic acids is 1. The maximum absolute atomic E-state index is 13.2. The highest BCUT2D eigenvalue weighted by Gasteiger charge is 2.32. The Bertz CT molecular complexity index is 1300. The smallest absolute Gasteiger partial charge is 0.330 e. The Kier molecular flexibility index (Phi) is 4.23. The van der Waals surface area contributed by atoms with Crippen LogP contribution < -0.4 is 5.69 Å². The number of rotatable bonds is 3. The van der Waals surface area contributed by atoms with E-state index in [0.29, 0.717) is 42.0 Å². The number of carbonyl (C=O) groups is 1. The third-order valence-corrected chi connectivity index (χ3v) is 5.67. The van der Waals surface area contributed by atoms with E-state index < -0.39 is 0 Å². The van der Waals surface area contributed by atoms with E-state index in [1.807, 2.05) is 6.07 Å². The number of nitrogens with one attached hydrogen (secondary N) is 1. The van der Waals surface area contributed by atoms with Crippen molar-refractivity contribution in [3.05, 3.63) is 70.7 Å². The first kappa shape index (κ1) is 18.3. The van der Waals surface area contributed by atoms with Crippen molar-refractivity contribution < 1.29 is 9.18 Å². The third-order valence-electron chi connectivity index (χ3n) is 5.67. The summed E-state index contributed by atoms with van der Waals surface area (Å²) in [4.78, 5) is 32.1. The standard InChI is InChI=1S/C21H19FN6O2/c1-26-17-3-2-9-23-19(17)28(21(26)30)15-8-10-27(12-15)20(29)16-11-24-25-18(16)13-4-6-14(22)7-5-13/h2-7,9,11,15H,8,10,12H2,1H3,(H,24,25)/t15-/m1/s1. The van der Waals surface area contributed by atoms with E-state index in [-0.39, 0.29) is 23.5 Å². The van der Waals surface area contributed by atoms with E-state index in [0.717, 1.165) is 5.52 Å². The number of fused-ring (bicyclic) bond motifs is 1. The van der Waals surface area contributed by atoms with Gasteiger partial charge in [0.1, 0.15) is 5.82 Å². The molecule has 30 heavy (non-hydrogen) atoms. The van der Waals surface area contributed by atoms with Crippen LogP contribution in [-0.2, 0) is 7.05 Å². The second-order valence-corrected chi connectivity index (χ2v) is 7.42. The molecule has 1 amide bonds. The van der Waals surface area contributed by atoms with Gasteiger partial charge in [-0.1, -0.05) is 0 Å². The number of hydrogen-bond donors (Lipinski definition) is 1. The number of likely N-dealkylation sites (tertiary alicyclic amines) is 1. The molecule has 9 heteroatoms. The van der Waals surface area contributed by atoms with Crippen LogP contribution in [0.1, 0.15) is 22.8 Å². The molecule has 1 fully saturated rings. The monoisotopic (exact) mass is 406 g/mol. The Balaban J connectivity index is 1.43. The Hall–Kier alpha value is -3.75. The zero-order valence-corrected chi connectivity index (χ0v) is 16.2. The van der Waals surface area contributed by atoms with Gasteiger partial charge in [-0.05, 0) is 42.8 Å². The van der Waals surface area contributed by atoms with Crippen molar-refractivity contribution in [3.8, 4) is 11.3 Å². The molecular formula is C21H19FN6O2. The van der Waals surface area contributed by atoms with Gasteiger partial charge in [0, 0.05) is 31.9 Å². The average Bonchev–Trinajstić information content (AvgIpc) is 3.48. The maximum atomic E-state index is 13.2. The lowest BCUT2D eigenvalue weighted by atomic mass is 10.1. The molecule has 4 aromatic rings. The van der Waals surface area contributed by atoms with Crippen molar-refractivity contribution in [1.29, 1.82) is 0 Å². The summed E-state index contributed by atoms with van der Waals surface area (Å²) in [5.74, 6) is -0.519. The van der Waals surface area contributed by atoms with Crippen molar-refractivity contribution in [3.63, 3.8) is 0 Å². The minimum Gasteiger partial charge on any atom is -0.336 e. The molecule has 1 saturated heterocycles. The molecule has 0 unspecified atom stereocenters. The van der Waals surface area contributed by atoms with Gasteiger partial charge in [0.2, 0.25) is 0 Å². The lowest BCUT2D eigenvalue weighted by molar-refractivity contribution is 0.0788. The summed E-state index contributed by atoms with van der Waals surface area (Å²) in [5, 5.41) is 6.85. The van der Waals surface area contributed by atoms with Crippen LogP contribution in [0.15, 0.2) is 53.6 Å². The number of aromatic nitrogens is 5. The van der Waals surface area contributed by atoms with Crippen LogP contribution in [0.5, 0.6) is 0 Å². The second-order valence-electron chi connectivity index (χ2n) is 7.42. The van der Waals surface area contributed by atoms with Gasteiger partial charge in [0.05, 0.1) is 29.0 Å². The van der Waals surface area contributed by atoms with Gasteiger partial charge < -0.3 is 4.90 Å². The highest BCUT2D eigenvalue weighted by Crippen LogP contribution is 2.28. The van der Waals surface area contributed by atoms with Crippen LogP contribution >= 0.6 is 0 Å². The molecule has 1 aromatic carbocycles. The molecule has 0 bridgehead atoms. The molecule has 0 aliphatic carbocycles. The molecule has 4 heterocycles. The highest BCUT2D eigenvalue weighted by atomic mass is 19.1. The van der Waals surface area contributed by atoms with Crippen LogP contribution in [-0.4, -0.2) is 48.2 Å². The molecule has 0 radical (unpaired) electrons. The number of imidazole rings is 1. The Morgan fingerprint density at radius 1 is 1.23 bits per heavy atom. The number of pyridine rings is 1. The summed E-state index contributed by atoms with van der Waals surface area (Å²) >= 11 is 0. The molecule has 0 saturated carbocycles. The van der Waals surface area contributed by atoms with E-state index >= 15 is 0 Å². The van der Waals surface area contributed by atoms with Gasteiger partial charge in [-0.15, -0.1) is 0 Å². The van der Waals surface area contributed by atoms with E-state index in [2.05, 4.69) is 15.2 Å². The predicted molar refractivity (Wildman–Crippen MR) is 109 cm³/mol. The minimum absolute atomic E-state index is 0.140. The summed E-state index contributed by atoms with van der Waals surface area (Å²) < 4.78 is 16.5. The number of hydrogen-bond acceptors (Lipinski definition) is 4. The number of benzene rings is 1. The molecule has 8 nitrogen and oxygen atoms in total. The van der Waals surface area contributed by atoms with Crippen LogP contribution in [0, 0.1) is 5.82 Å². The molecule has 1 aliphatic heterocycles. The van der Waals surface area contributed by atoms with Crippen molar-refractivity contribution in [2.45, 2.75) is 12.5 Å². The first-order valence-electron chi connectivity index (χ1n) is 9.65. The average molecular weight is 406 g/mol. The van der Waals surface area contributed by atoms with Crippen molar-refractivity contribution in [2.75, 3.05) is 13.1 Å². The normalized spacial score (nSPS) is 16.5. The fourth-order valence-electron chi connectivity index (χ4n) is 4.11. The summed E-state index contributed by atoms with van der Waals surface area (Å²) in [5.41, 5.74) is 2.90. The van der Waals surface area contributed by atoms with Crippen molar-refractivity contribution in [1.82, 2.24) is 29.2 Å². The van der Waals surface area contributed by atoms with Crippen LogP contribution in [0.4, 0.5) is 4.39 Å². The first-order chi connectivity index (χ1) is 14.5. The quantitative estimate of drug-likeness (QED) is 0.566. The van der Waals surface area contributed by atoms with E-state index in [1.54, 1.807) is 45.5 Å². The number of aryl methyl sites for hydroxylation is 1. The number of amides is 1. The summed E-state index contributed by atoms with van der Waals surface area (Å²) in [6.07, 6.45) is 3.81. The van der Waals surface area contributed by atoms with Gasteiger partial charge in [0.15, 0.2) is 5.65 Å². The minimum atomic E-state index is -0.345. The summed E-state index contributed by atoms with van der Waals surface area (Å²) in [6, 6.07) is 9.40. The van der Waals surface area contributed by atoms with E-state index in [1.165, 1.54) is 18.3 Å². The zero-order chi connectivity index (χ0) is 20.8. The second kappa shape index (κ2) is 6.94. The number of H-pyrrole nitrogens is 1. The van der Waals surface area contributed by atoms with Gasteiger partial charge >= 0.3 is 5.69 Å². The predicted octanol–water partition coefficient (Wildman–Crippen LogP) is 2.35. The zero-order valence-electron chi connectivity index (χ0n) is 16.2. The lowest BCUT2D eigenvalue weighted by Crippen LogP contribution is -2.32. The molecule has 1 atom stereocenters. The number of halogens is 1. The Morgan fingerprint density at radius 2 is 2.03 bits per heavy atom. The highest BCUT2D eigenvalue weighted by molar-refractivity contribution is 5.99. The maximum Gasteiger partial charge on any atom is 0.330 e. The Labute approximate surface area is 170 Å². The summed E-state index contributed by atoms with van der Waals surface area (Å²) in [6.45, 7) is 0.926. The first-order valence-corrected chi connectivity index (χ1v) is 9.65. The largest absolute Gasteiger partial charge is 0.336 e. The summed E-state index contributed by atoms with van der Waals surface area (Å²) in [7, 11) is 1.72. The van der Waals surface area contributed by atoms with Crippen molar-refractivity contribution in [2.24, 2.45) is 7.05 Å². The molecular weight excluding hydrogens is 387 g/mol. The fraction of sp³-hybridized carbons (Fsp3) is 0.238. The number of aromatic amines is 1. The molecule has 3 aromatic heterocycles. The number of nitrogens with zero attached hydrogens (tertiary/aromatic N) is 5. The van der Waals surface area contributed by atoms with Gasteiger partial charge in [-0.3, -0.25) is 19.0 Å². The van der Waals surface area contributed by atoms with Crippen LogP contribution in [0.2, 0.25) is 0 Å².